The fourth-order valence-electron chi connectivity index (χ4n) is 2.90. The maximum atomic E-state index is 11.8. The van der Waals surface area contributed by atoms with E-state index in [1.165, 1.54) is 51.4 Å². The number of aliphatic carboxylic acids is 1. The second kappa shape index (κ2) is 18.7. The molecule has 0 fully saturated rings. The van der Waals surface area contributed by atoms with Crippen molar-refractivity contribution in [2.24, 2.45) is 5.92 Å². The fourth-order valence-corrected chi connectivity index (χ4v) is 2.90. The van der Waals surface area contributed by atoms with E-state index in [0.717, 1.165) is 19.3 Å². The number of carbonyl (C=O) groups is 2. The Morgan fingerprint density at radius 2 is 1.28 bits per heavy atom. The average Bonchev–Trinajstić information content (AvgIpc) is 2.51. The Morgan fingerprint density at radius 1 is 0.840 bits per heavy atom. The third kappa shape index (κ3) is 18.5. The Kier molecular flexibility index (Phi) is 20.3. The Balaban J connectivity index is 0. The van der Waals surface area contributed by atoms with E-state index in [4.69, 9.17) is 0 Å². The van der Waals surface area contributed by atoms with Gasteiger partial charge < -0.3 is 15.2 Å². The van der Waals surface area contributed by atoms with Crippen LogP contribution in [0.2, 0.25) is 0 Å². The van der Waals surface area contributed by atoms with Gasteiger partial charge in [-0.25, -0.2) is 0 Å². The number of rotatable bonds is 16. The zero-order chi connectivity index (χ0) is 18.2. The van der Waals surface area contributed by atoms with Crippen LogP contribution in [0.25, 0.3) is 0 Å². The molecule has 4 nitrogen and oxygen atoms in total. The molecule has 1 atom stereocenters. The van der Waals surface area contributed by atoms with Gasteiger partial charge in [-0.1, -0.05) is 85.0 Å². The van der Waals surface area contributed by atoms with E-state index < -0.39 is 12.0 Å². The van der Waals surface area contributed by atoms with Gasteiger partial charge in [0.25, 0.3) is 0 Å². The number of hydrogen-bond acceptors (Lipinski definition) is 3. The van der Waals surface area contributed by atoms with Crippen LogP contribution in [-0.4, -0.2) is 17.9 Å². The maximum absolute atomic E-state index is 11.8. The van der Waals surface area contributed by atoms with Gasteiger partial charge in [0.15, 0.2) is 0 Å². The van der Waals surface area contributed by atoms with Crippen LogP contribution in [0.1, 0.15) is 104 Å². The molecule has 0 aromatic carbocycles. The summed E-state index contributed by atoms with van der Waals surface area (Å²) in [5.41, 5.74) is 0. The van der Waals surface area contributed by atoms with Crippen LogP contribution in [0, 0.1) is 5.92 Å². The minimum atomic E-state index is -1.18. The molecule has 0 aromatic rings. The third-order valence-corrected chi connectivity index (χ3v) is 4.33. The molecule has 0 radical (unpaired) electrons. The topological polar surface area (TPSA) is 69.2 Å². The van der Waals surface area contributed by atoms with Gasteiger partial charge in [-0.2, -0.15) is 0 Å². The molecule has 0 aromatic heterocycles. The maximum Gasteiger partial charge on any atom is 1.00 e. The first-order chi connectivity index (χ1) is 11.5. The average molecular weight is 364 g/mol. The zero-order valence-corrected chi connectivity index (χ0v) is 19.1. The molecule has 0 bridgehead atoms. The van der Waals surface area contributed by atoms with Gasteiger partial charge in [-0.15, -0.1) is 0 Å². The van der Waals surface area contributed by atoms with E-state index in [2.05, 4.69) is 12.2 Å². The van der Waals surface area contributed by atoms with Gasteiger partial charge in [-0.05, 0) is 18.8 Å². The van der Waals surface area contributed by atoms with E-state index >= 15 is 0 Å². The molecular weight excluding hydrogens is 325 g/mol. The van der Waals surface area contributed by atoms with Crippen molar-refractivity contribution in [2.75, 3.05) is 0 Å². The Morgan fingerprint density at radius 3 is 1.68 bits per heavy atom. The summed E-state index contributed by atoms with van der Waals surface area (Å²) in [5.74, 6) is -1.13. The smallest absolute Gasteiger partial charge is 0.548 e. The molecule has 0 heterocycles. The predicted molar refractivity (Wildman–Crippen MR) is 97.5 cm³/mol. The standard InChI is InChI=1S/C20H39NO3.Na/c1-4-5-6-7-8-9-10-11-12-13-14-15-19(22)21-18(20(23)24)16-17(2)3;/h17-18H,4-16H2,1-3H3,(H,21,22)(H,23,24);/q;+1/p-1/t18-;/m0./s1. The number of carbonyl (C=O) groups excluding carboxylic acids is 2. The minimum Gasteiger partial charge on any atom is -0.548 e. The number of hydrogen-bond donors (Lipinski definition) is 1. The normalized spacial score (nSPS) is 11.8. The third-order valence-electron chi connectivity index (χ3n) is 4.33. The van der Waals surface area contributed by atoms with E-state index in [1.54, 1.807) is 0 Å². The Labute approximate surface area is 177 Å². The molecule has 0 aliphatic heterocycles. The van der Waals surface area contributed by atoms with Crippen LogP contribution < -0.4 is 40.0 Å². The van der Waals surface area contributed by atoms with Crippen molar-refractivity contribution in [3.63, 3.8) is 0 Å². The van der Waals surface area contributed by atoms with Gasteiger partial charge >= 0.3 is 29.6 Å². The monoisotopic (exact) mass is 363 g/mol. The van der Waals surface area contributed by atoms with Crippen molar-refractivity contribution in [3.8, 4) is 0 Å². The molecule has 0 unspecified atom stereocenters. The van der Waals surface area contributed by atoms with Crippen LogP contribution in [-0.2, 0) is 9.59 Å². The summed E-state index contributed by atoms with van der Waals surface area (Å²) in [5, 5.41) is 13.6. The van der Waals surface area contributed by atoms with Gasteiger partial charge in [0.05, 0.1) is 12.0 Å². The second-order valence-electron chi connectivity index (χ2n) is 7.35. The van der Waals surface area contributed by atoms with Crippen molar-refractivity contribution >= 4 is 11.9 Å². The molecule has 0 aliphatic rings. The molecule has 5 heteroatoms. The first-order valence-electron chi connectivity index (χ1n) is 9.97. The second-order valence-corrected chi connectivity index (χ2v) is 7.35. The number of carboxylic acids is 1. The number of carboxylic acid groups (broad SMARTS) is 1. The van der Waals surface area contributed by atoms with Crippen molar-refractivity contribution in [1.29, 1.82) is 0 Å². The van der Waals surface area contributed by atoms with Crippen LogP contribution in [0.4, 0.5) is 0 Å². The molecule has 0 rings (SSSR count). The van der Waals surface area contributed by atoms with Gasteiger partial charge in [0, 0.05) is 6.42 Å². The first-order valence-corrected chi connectivity index (χ1v) is 9.97. The quantitative estimate of drug-likeness (QED) is 0.328. The van der Waals surface area contributed by atoms with Crippen molar-refractivity contribution in [2.45, 2.75) is 110 Å². The van der Waals surface area contributed by atoms with Gasteiger partial charge in [0.2, 0.25) is 5.91 Å². The van der Waals surface area contributed by atoms with Gasteiger partial charge in [0.1, 0.15) is 0 Å². The number of amides is 1. The first kappa shape index (κ1) is 27.2. The summed E-state index contributed by atoms with van der Waals surface area (Å²) in [6, 6.07) is -0.856. The predicted octanol–water partition coefficient (Wildman–Crippen LogP) is 0.972. The van der Waals surface area contributed by atoms with Crippen molar-refractivity contribution < 1.29 is 44.3 Å². The largest absolute Gasteiger partial charge is 1.00 e. The number of unbranched alkanes of at least 4 members (excludes halogenated alkanes) is 10. The zero-order valence-electron chi connectivity index (χ0n) is 17.1. The molecule has 0 saturated heterocycles. The molecule has 1 amide bonds. The molecule has 0 spiro atoms. The Hall–Kier alpha value is -0.0600. The minimum absolute atomic E-state index is 0. The summed E-state index contributed by atoms with van der Waals surface area (Å²) in [7, 11) is 0. The van der Waals surface area contributed by atoms with Crippen molar-refractivity contribution in [1.82, 2.24) is 5.32 Å². The van der Waals surface area contributed by atoms with Crippen LogP contribution >= 0.6 is 0 Å². The molecule has 142 valence electrons. The molecule has 0 saturated carbocycles. The summed E-state index contributed by atoms with van der Waals surface area (Å²) in [4.78, 5) is 22.8. The fraction of sp³-hybridized carbons (Fsp3) is 0.900. The van der Waals surface area contributed by atoms with E-state index in [1.807, 2.05) is 13.8 Å². The Bertz CT molecular complexity index is 335. The molecule has 0 aliphatic carbocycles. The van der Waals surface area contributed by atoms with Crippen LogP contribution in [0.5, 0.6) is 0 Å². The molecule has 25 heavy (non-hydrogen) atoms. The molecular formula is C20H38NNaO3. The van der Waals surface area contributed by atoms with E-state index in [-0.39, 0.29) is 41.4 Å². The molecule has 1 N–H and O–H groups in total. The summed E-state index contributed by atoms with van der Waals surface area (Å²) < 4.78 is 0. The van der Waals surface area contributed by atoms with Crippen molar-refractivity contribution in [3.05, 3.63) is 0 Å². The summed E-state index contributed by atoms with van der Waals surface area (Å²) >= 11 is 0. The SMILES string of the molecule is CCCCCCCCCCCCCC(=O)N[C@@H](CC(C)C)C(=O)[O-].[Na+]. The number of nitrogens with one attached hydrogen (secondary N) is 1. The van der Waals surface area contributed by atoms with Gasteiger partial charge in [-0.3, -0.25) is 4.79 Å². The van der Waals surface area contributed by atoms with Crippen LogP contribution in [0.3, 0.4) is 0 Å². The van der Waals surface area contributed by atoms with Crippen LogP contribution in [0.15, 0.2) is 0 Å². The van der Waals surface area contributed by atoms with E-state index in [0.29, 0.717) is 12.8 Å². The van der Waals surface area contributed by atoms with E-state index in [9.17, 15) is 14.7 Å². The summed E-state index contributed by atoms with van der Waals surface area (Å²) in [6.07, 6.45) is 14.5. The summed E-state index contributed by atoms with van der Waals surface area (Å²) in [6.45, 7) is 6.11.